The fourth-order valence-corrected chi connectivity index (χ4v) is 10.8. The molecule has 0 bridgehead atoms. The zero-order valence-corrected chi connectivity index (χ0v) is 41.7. The van der Waals surface area contributed by atoms with Gasteiger partial charge in [-0.1, -0.05) is 66.7 Å². The van der Waals surface area contributed by atoms with E-state index in [-0.39, 0.29) is 0 Å². The van der Waals surface area contributed by atoms with E-state index < -0.39 is 0 Å². The van der Waals surface area contributed by atoms with Crippen molar-refractivity contribution in [3.05, 3.63) is 256 Å². The molecule has 0 unspecified atom stereocenters. The molecular formula is C68H30N12. The number of nitrogens with zero attached hydrogens (tertiary/aromatic N) is 12. The summed E-state index contributed by atoms with van der Waals surface area (Å²) < 4.78 is 4.26. The molecule has 0 spiro atoms. The predicted molar refractivity (Wildman–Crippen MR) is 309 cm³/mol. The summed E-state index contributed by atoms with van der Waals surface area (Å²) in [5, 5.41) is 53.8. The van der Waals surface area contributed by atoms with Crippen LogP contribution in [-0.2, 0) is 0 Å². The predicted octanol–water partition coefficient (Wildman–Crippen LogP) is 17.2. The highest BCUT2D eigenvalue weighted by molar-refractivity contribution is 6.14. The molecule has 0 fully saturated rings. The highest BCUT2D eigenvalue weighted by atomic mass is 15.0. The molecule has 3 heterocycles. The number of fused-ring (bicyclic) bond motifs is 6. The fourth-order valence-electron chi connectivity index (χ4n) is 10.8. The van der Waals surface area contributed by atoms with Crippen molar-refractivity contribution >= 4 is 66.4 Å². The lowest BCUT2D eigenvalue weighted by atomic mass is 9.96. The molecule has 362 valence electrons. The van der Waals surface area contributed by atoms with E-state index in [2.05, 4.69) is 58.9 Å². The molecule has 9 aromatic carbocycles. The number of benzene rings is 9. The van der Waals surface area contributed by atoms with E-state index in [0.29, 0.717) is 84.1 Å². The number of rotatable bonds is 7. The molecule has 12 heteroatoms. The van der Waals surface area contributed by atoms with E-state index in [1.807, 2.05) is 91.0 Å². The van der Waals surface area contributed by atoms with Gasteiger partial charge in [-0.15, -0.1) is 0 Å². The molecule has 0 atom stereocenters. The van der Waals surface area contributed by atoms with Gasteiger partial charge in [-0.05, 0) is 148 Å². The summed E-state index contributed by atoms with van der Waals surface area (Å²) in [6, 6.07) is 62.8. The van der Waals surface area contributed by atoms with Crippen molar-refractivity contribution in [1.29, 1.82) is 26.3 Å². The van der Waals surface area contributed by atoms with Gasteiger partial charge in [0.1, 0.15) is 0 Å². The van der Waals surface area contributed by atoms with Gasteiger partial charge in [0.25, 0.3) is 0 Å². The highest BCUT2D eigenvalue weighted by Crippen LogP contribution is 2.46. The van der Waals surface area contributed by atoms with Gasteiger partial charge in [-0.25, -0.2) is 19.4 Å². The zero-order valence-electron chi connectivity index (χ0n) is 41.7. The minimum absolute atomic E-state index is 0.326. The second-order valence-electron chi connectivity index (χ2n) is 18.7. The molecule has 0 saturated carbocycles. The quantitative estimate of drug-likeness (QED) is 0.145. The second-order valence-corrected chi connectivity index (χ2v) is 18.7. The van der Waals surface area contributed by atoms with Crippen molar-refractivity contribution in [2.45, 2.75) is 0 Å². The van der Waals surface area contributed by atoms with Crippen molar-refractivity contribution in [3.8, 4) is 97.4 Å². The Morgan fingerprint density at radius 1 is 0.338 bits per heavy atom. The molecule has 12 aromatic rings. The van der Waals surface area contributed by atoms with Gasteiger partial charge in [0.15, 0.2) is 22.7 Å². The van der Waals surface area contributed by atoms with Crippen LogP contribution < -0.4 is 0 Å². The Kier molecular flexibility index (Phi) is 11.7. The maximum atomic E-state index is 10.6. The van der Waals surface area contributed by atoms with E-state index in [4.69, 9.17) is 31.3 Å². The Morgan fingerprint density at radius 2 is 0.762 bits per heavy atom. The number of nitriles is 5. The Morgan fingerprint density at radius 3 is 1.27 bits per heavy atom. The van der Waals surface area contributed by atoms with Crippen LogP contribution >= 0.6 is 0 Å². The highest BCUT2D eigenvalue weighted by Gasteiger charge is 2.24. The average molecular weight is 1020 g/mol. The molecule has 0 aliphatic heterocycles. The van der Waals surface area contributed by atoms with Crippen LogP contribution in [-0.4, -0.2) is 14.1 Å². The van der Waals surface area contributed by atoms with Gasteiger partial charge in [-0.2, -0.15) is 26.3 Å². The fraction of sp³-hybridized carbons (Fsp3) is 0. The Balaban J connectivity index is 1.12. The first-order chi connectivity index (χ1) is 39.2. The smallest absolute Gasteiger partial charge is 0.196 e. The molecule has 12 nitrogen and oxygen atoms in total. The van der Waals surface area contributed by atoms with Crippen LogP contribution in [0, 0.1) is 82.9 Å². The number of hydrogen-bond donors (Lipinski definition) is 0. The first kappa shape index (κ1) is 48.1. The van der Waals surface area contributed by atoms with Gasteiger partial charge in [0.2, 0.25) is 0 Å². The van der Waals surface area contributed by atoms with Crippen LogP contribution in [0.4, 0.5) is 22.7 Å². The summed E-state index contributed by atoms with van der Waals surface area (Å²) in [7, 11) is 0. The molecule has 80 heavy (non-hydrogen) atoms. The van der Waals surface area contributed by atoms with Crippen LogP contribution in [0.1, 0.15) is 27.8 Å². The summed E-state index contributed by atoms with van der Waals surface area (Å²) in [5.41, 5.74) is 14.8. The minimum Gasteiger partial charge on any atom is -0.309 e. The maximum absolute atomic E-state index is 10.6. The number of hydrogen-bond acceptors (Lipinski definition) is 6. The summed E-state index contributed by atoms with van der Waals surface area (Å²) in [6.45, 7) is 31.3. The zero-order chi connectivity index (χ0) is 55.2. The van der Waals surface area contributed by atoms with Gasteiger partial charge >= 0.3 is 0 Å². The second kappa shape index (κ2) is 19.4. The van der Waals surface area contributed by atoms with Gasteiger partial charge in [0.05, 0.1) is 113 Å². The largest absolute Gasteiger partial charge is 0.309 e. The van der Waals surface area contributed by atoms with E-state index in [1.54, 1.807) is 91.3 Å². The molecule has 0 saturated heterocycles. The molecule has 3 aromatic heterocycles. The first-order valence-corrected chi connectivity index (χ1v) is 24.6. The van der Waals surface area contributed by atoms with Crippen molar-refractivity contribution in [3.63, 3.8) is 0 Å². The molecule has 0 amide bonds. The third-order valence-electron chi connectivity index (χ3n) is 14.5. The summed E-state index contributed by atoms with van der Waals surface area (Å²) >= 11 is 0. The summed E-state index contributed by atoms with van der Waals surface area (Å²) in [6.07, 6.45) is 3.50. The molecule has 0 N–H and O–H groups in total. The van der Waals surface area contributed by atoms with Gasteiger partial charge in [0, 0.05) is 50.0 Å². The third-order valence-corrected chi connectivity index (χ3v) is 14.5. The van der Waals surface area contributed by atoms with Crippen molar-refractivity contribution in [1.82, 2.24) is 14.1 Å². The first-order valence-electron chi connectivity index (χ1n) is 24.6. The molecule has 0 aliphatic rings. The van der Waals surface area contributed by atoms with Gasteiger partial charge < -0.3 is 9.13 Å². The maximum Gasteiger partial charge on any atom is 0.196 e. The normalized spacial score (nSPS) is 10.6. The van der Waals surface area contributed by atoms with E-state index in [9.17, 15) is 26.3 Å². The monoisotopic (exact) mass is 1010 g/mol. The van der Waals surface area contributed by atoms with Crippen molar-refractivity contribution in [2.24, 2.45) is 0 Å². The van der Waals surface area contributed by atoms with Gasteiger partial charge in [-0.3, -0.25) is 4.98 Å². The van der Waals surface area contributed by atoms with E-state index >= 15 is 0 Å². The van der Waals surface area contributed by atoms with Crippen LogP contribution in [0.5, 0.6) is 0 Å². The minimum atomic E-state index is 0.326. The SMILES string of the molecule is [C-]#[N+]c1ccc(-c2ccc3c(c2)c2cc(-c4ccc([N+]#[C-])cc4[N+]#[C-])ccc2n3-c2ccc(C#N)cc2-c2ccncc2-n2c3ccc(-c4ccc(C#N)cc4C#N)cc3c3cc(-c4ccc(C#N)cc4[N+]#[C-])ccc32)c(C#N)c1. The molecule has 0 radical (unpaired) electrons. The third kappa shape index (κ3) is 7.82. The van der Waals surface area contributed by atoms with Crippen molar-refractivity contribution < 1.29 is 0 Å². The van der Waals surface area contributed by atoms with E-state index in [1.165, 1.54) is 0 Å². The summed E-state index contributed by atoms with van der Waals surface area (Å²) in [5.74, 6) is 0. The van der Waals surface area contributed by atoms with Crippen LogP contribution in [0.25, 0.3) is 130 Å². The average Bonchev–Trinajstić information content (AvgIpc) is 4.26. The van der Waals surface area contributed by atoms with Crippen LogP contribution in [0.3, 0.4) is 0 Å². The van der Waals surface area contributed by atoms with E-state index in [0.717, 1.165) is 77.1 Å². The molecule has 12 rings (SSSR count). The number of pyridine rings is 1. The van der Waals surface area contributed by atoms with Crippen LogP contribution in [0.15, 0.2) is 182 Å². The van der Waals surface area contributed by atoms with Crippen molar-refractivity contribution in [2.75, 3.05) is 0 Å². The molecular weight excluding hydrogens is 985 g/mol. The lowest BCUT2D eigenvalue weighted by Gasteiger charge is -2.19. The van der Waals surface area contributed by atoms with Crippen LogP contribution in [0.2, 0.25) is 0 Å². The Hall–Kier alpha value is -12.9. The molecule has 0 aliphatic carbocycles. The standard InChI is InChI=1S/C68H30N12/c1-74-49-12-16-52(48(28-49)38-73)44-8-19-64-57(30-44)59-32-46(54-17-13-50(75-2)33-62(54)77-4)10-21-65(59)79(64)63-18-7-41(35-70)26-56(63)55-23-24-78-39-68(55)80-66-20-9-43(51-14-5-40(34-69)25-47(51)37-72)29-58(66)60-31-45(11-22-67(60)80)53-15-6-42(36-71)27-61(53)76-3/h5-33,39H. The topological polar surface area (TPSA) is 159 Å². The summed E-state index contributed by atoms with van der Waals surface area (Å²) in [4.78, 5) is 19.4. The lowest BCUT2D eigenvalue weighted by molar-refractivity contribution is 1.13. The number of aromatic nitrogens is 3. The lowest BCUT2D eigenvalue weighted by Crippen LogP contribution is -2.02. The Bertz CT molecular complexity index is 4880. The Labute approximate surface area is 457 Å².